The predicted molar refractivity (Wildman–Crippen MR) is 98.8 cm³/mol. The van der Waals surface area contributed by atoms with E-state index in [0.29, 0.717) is 17.4 Å². The van der Waals surface area contributed by atoms with Crippen LogP contribution in [0.5, 0.6) is 5.75 Å². The molecule has 0 spiro atoms. The van der Waals surface area contributed by atoms with E-state index in [1.807, 2.05) is 42.5 Å². The number of hydrogen-bond acceptors (Lipinski definition) is 3. The zero-order valence-corrected chi connectivity index (χ0v) is 15.0. The van der Waals surface area contributed by atoms with E-state index >= 15 is 0 Å². The number of terminal acetylenes is 1. The molecule has 5 heteroatoms. The van der Waals surface area contributed by atoms with Gasteiger partial charge >= 0.3 is 5.97 Å². The summed E-state index contributed by atoms with van der Waals surface area (Å²) < 4.78 is 11.3. The molecule has 0 atom stereocenters. The maximum atomic E-state index is 11.4. The quantitative estimate of drug-likeness (QED) is 0.391. The van der Waals surface area contributed by atoms with Gasteiger partial charge in [0.25, 0.3) is 0 Å². The summed E-state index contributed by atoms with van der Waals surface area (Å²) in [5.74, 6) is 2.43. The molecule has 2 aromatic rings. The normalized spacial score (nSPS) is 10.4. The van der Waals surface area contributed by atoms with Gasteiger partial charge in [0.2, 0.25) is 0 Å². The molecule has 0 aliphatic rings. The molecular formula is C19H14BrClO3. The van der Waals surface area contributed by atoms with E-state index < -0.39 is 5.97 Å². The number of esters is 1. The Balaban J connectivity index is 1.99. The van der Waals surface area contributed by atoms with Gasteiger partial charge in [-0.3, -0.25) is 0 Å². The first kappa shape index (κ1) is 18.1. The fourth-order valence-electron chi connectivity index (χ4n) is 1.83. The topological polar surface area (TPSA) is 35.5 Å². The highest BCUT2D eigenvalue weighted by atomic mass is 79.9. The second-order valence-corrected chi connectivity index (χ2v) is 5.98. The molecule has 2 rings (SSSR count). The molecule has 24 heavy (non-hydrogen) atoms. The number of hydrogen-bond donors (Lipinski definition) is 0. The summed E-state index contributed by atoms with van der Waals surface area (Å²) in [7, 11) is 0. The Morgan fingerprint density at radius 3 is 2.79 bits per heavy atom. The van der Waals surface area contributed by atoms with Gasteiger partial charge in [0, 0.05) is 16.7 Å². The Hall–Kier alpha value is -2.22. The molecule has 0 aliphatic heterocycles. The van der Waals surface area contributed by atoms with Gasteiger partial charge in [-0.2, -0.15) is 0 Å². The van der Waals surface area contributed by atoms with E-state index in [1.54, 1.807) is 6.08 Å². The molecule has 0 bridgehead atoms. The van der Waals surface area contributed by atoms with Crippen molar-refractivity contribution in [1.82, 2.24) is 0 Å². The third kappa shape index (κ3) is 5.45. The predicted octanol–water partition coefficient (Wildman–Crippen LogP) is 4.87. The molecule has 0 saturated heterocycles. The van der Waals surface area contributed by atoms with E-state index in [0.717, 1.165) is 15.6 Å². The van der Waals surface area contributed by atoms with Crippen LogP contribution >= 0.6 is 27.5 Å². The lowest BCUT2D eigenvalue weighted by Crippen LogP contribution is -2.00. The van der Waals surface area contributed by atoms with Crippen LogP contribution < -0.4 is 4.74 Å². The Morgan fingerprint density at radius 1 is 1.29 bits per heavy atom. The molecule has 2 aromatic carbocycles. The molecule has 0 N–H and O–H groups in total. The molecule has 0 aromatic heterocycles. The van der Waals surface area contributed by atoms with Gasteiger partial charge in [-0.15, -0.1) is 6.42 Å². The molecule has 0 amide bonds. The van der Waals surface area contributed by atoms with E-state index in [-0.39, 0.29) is 6.61 Å². The SMILES string of the molecule is C#CCOC(=O)/C=C/c1ccc(OCc2ccccc2Cl)c(Br)c1. The zero-order chi connectivity index (χ0) is 17.4. The van der Waals surface area contributed by atoms with Crippen LogP contribution in [0, 0.1) is 12.3 Å². The zero-order valence-electron chi connectivity index (χ0n) is 12.7. The number of carbonyl (C=O) groups is 1. The lowest BCUT2D eigenvalue weighted by atomic mass is 10.2. The summed E-state index contributed by atoms with van der Waals surface area (Å²) in [6, 6.07) is 13.0. The van der Waals surface area contributed by atoms with Crippen molar-refractivity contribution >= 4 is 39.6 Å². The summed E-state index contributed by atoms with van der Waals surface area (Å²) >= 11 is 9.56. The molecule has 0 fully saturated rings. The van der Waals surface area contributed by atoms with Crippen LogP contribution in [-0.2, 0) is 16.1 Å². The number of ether oxygens (including phenoxy) is 2. The van der Waals surface area contributed by atoms with E-state index in [2.05, 4.69) is 21.9 Å². The van der Waals surface area contributed by atoms with Gasteiger partial charge in [-0.25, -0.2) is 4.79 Å². The molecular weight excluding hydrogens is 392 g/mol. The van der Waals surface area contributed by atoms with Crippen LogP contribution in [0.15, 0.2) is 53.0 Å². The number of benzene rings is 2. The first-order valence-electron chi connectivity index (χ1n) is 7.04. The minimum absolute atomic E-state index is 0.0400. The van der Waals surface area contributed by atoms with Crippen LogP contribution in [0.1, 0.15) is 11.1 Å². The molecule has 0 heterocycles. The summed E-state index contributed by atoms with van der Waals surface area (Å²) in [6.45, 7) is 0.327. The number of carbonyl (C=O) groups excluding carboxylic acids is 1. The maximum absolute atomic E-state index is 11.4. The largest absolute Gasteiger partial charge is 0.488 e. The third-order valence-electron chi connectivity index (χ3n) is 3.01. The Kier molecular flexibility index (Phi) is 6.92. The molecule has 0 unspecified atom stereocenters. The summed E-state index contributed by atoms with van der Waals surface area (Å²) in [5, 5.41) is 0.665. The van der Waals surface area contributed by atoms with Crippen molar-refractivity contribution in [1.29, 1.82) is 0 Å². The molecule has 3 nitrogen and oxygen atoms in total. The van der Waals surface area contributed by atoms with Crippen LogP contribution in [0.25, 0.3) is 6.08 Å². The molecule has 0 saturated carbocycles. The highest BCUT2D eigenvalue weighted by Crippen LogP contribution is 2.28. The highest BCUT2D eigenvalue weighted by molar-refractivity contribution is 9.10. The fourth-order valence-corrected chi connectivity index (χ4v) is 2.54. The van der Waals surface area contributed by atoms with Gasteiger partial charge in [0.1, 0.15) is 12.4 Å². The lowest BCUT2D eigenvalue weighted by molar-refractivity contribution is -0.136. The maximum Gasteiger partial charge on any atom is 0.331 e. The highest BCUT2D eigenvalue weighted by Gasteiger charge is 2.05. The van der Waals surface area contributed by atoms with E-state index in [4.69, 9.17) is 27.5 Å². The van der Waals surface area contributed by atoms with Gasteiger partial charge in [0.05, 0.1) is 4.47 Å². The average molecular weight is 406 g/mol. The Morgan fingerprint density at radius 2 is 2.08 bits per heavy atom. The van der Waals surface area contributed by atoms with Gasteiger partial charge in [0.15, 0.2) is 6.61 Å². The van der Waals surface area contributed by atoms with Gasteiger partial charge in [-0.05, 0) is 45.8 Å². The standard InChI is InChI=1S/C19H14BrClO3/c1-2-11-23-19(22)10-8-14-7-9-18(16(20)12-14)24-13-15-5-3-4-6-17(15)21/h1,3-10,12H,11,13H2/b10-8+. The monoisotopic (exact) mass is 404 g/mol. The van der Waals surface area contributed by atoms with Crippen molar-refractivity contribution in [2.75, 3.05) is 6.61 Å². The van der Waals surface area contributed by atoms with Crippen molar-refractivity contribution in [3.8, 4) is 18.1 Å². The second kappa shape index (κ2) is 9.17. The average Bonchev–Trinajstić information content (AvgIpc) is 2.58. The van der Waals surface area contributed by atoms with Crippen molar-refractivity contribution in [3.63, 3.8) is 0 Å². The van der Waals surface area contributed by atoms with Crippen molar-refractivity contribution in [2.24, 2.45) is 0 Å². The Bertz CT molecular complexity index is 793. The Labute approximate surface area is 154 Å². The van der Waals surface area contributed by atoms with Crippen molar-refractivity contribution in [3.05, 3.63) is 69.2 Å². The summed E-state index contributed by atoms with van der Waals surface area (Å²) in [6.07, 6.45) is 7.98. The van der Waals surface area contributed by atoms with Crippen LogP contribution in [0.4, 0.5) is 0 Å². The first-order chi connectivity index (χ1) is 11.6. The van der Waals surface area contributed by atoms with Gasteiger partial charge < -0.3 is 9.47 Å². The number of halogens is 2. The minimum Gasteiger partial charge on any atom is -0.488 e. The fraction of sp³-hybridized carbons (Fsp3) is 0.105. The van der Waals surface area contributed by atoms with E-state index in [1.165, 1.54) is 6.08 Å². The second-order valence-electron chi connectivity index (χ2n) is 4.72. The minimum atomic E-state index is -0.483. The molecule has 0 radical (unpaired) electrons. The van der Waals surface area contributed by atoms with Crippen LogP contribution in [0.3, 0.4) is 0 Å². The van der Waals surface area contributed by atoms with Crippen LogP contribution in [-0.4, -0.2) is 12.6 Å². The lowest BCUT2D eigenvalue weighted by Gasteiger charge is -2.10. The third-order valence-corrected chi connectivity index (χ3v) is 4.00. The smallest absolute Gasteiger partial charge is 0.331 e. The van der Waals surface area contributed by atoms with E-state index in [9.17, 15) is 4.79 Å². The summed E-state index contributed by atoms with van der Waals surface area (Å²) in [5.41, 5.74) is 1.73. The summed E-state index contributed by atoms with van der Waals surface area (Å²) in [4.78, 5) is 11.4. The molecule has 0 aliphatic carbocycles. The number of rotatable bonds is 6. The van der Waals surface area contributed by atoms with Crippen molar-refractivity contribution in [2.45, 2.75) is 6.61 Å². The van der Waals surface area contributed by atoms with Crippen LogP contribution in [0.2, 0.25) is 5.02 Å². The van der Waals surface area contributed by atoms with Crippen molar-refractivity contribution < 1.29 is 14.3 Å². The molecule has 122 valence electrons. The van der Waals surface area contributed by atoms with Gasteiger partial charge in [-0.1, -0.05) is 41.8 Å². The first-order valence-corrected chi connectivity index (χ1v) is 8.21.